The van der Waals surface area contributed by atoms with Crippen LogP contribution in [0, 0.1) is 5.92 Å². The molecule has 1 atom stereocenters. The van der Waals surface area contributed by atoms with E-state index >= 15 is 0 Å². The molecule has 0 aliphatic rings. The molecule has 1 aromatic rings. The van der Waals surface area contributed by atoms with Gasteiger partial charge in [0.15, 0.2) is 0 Å². The molecule has 0 aromatic carbocycles. The van der Waals surface area contributed by atoms with Gasteiger partial charge in [-0.15, -0.1) is 0 Å². The van der Waals surface area contributed by atoms with Crippen molar-refractivity contribution in [1.29, 1.82) is 0 Å². The van der Waals surface area contributed by atoms with E-state index in [2.05, 4.69) is 31.9 Å². The number of aryl methyl sites for hydroxylation is 1. The number of nitrogens with zero attached hydrogens (tertiary/aromatic N) is 2. The van der Waals surface area contributed by atoms with Crippen molar-refractivity contribution in [2.24, 2.45) is 13.0 Å². The molecule has 1 aromatic heterocycles. The Kier molecular flexibility index (Phi) is 2.90. The molecule has 0 aliphatic heterocycles. The lowest BCUT2D eigenvalue weighted by Gasteiger charge is -2.18. The van der Waals surface area contributed by atoms with Gasteiger partial charge in [-0.2, -0.15) is 5.10 Å². The number of hydrogen-bond donors (Lipinski definition) is 0. The normalized spacial score (nSPS) is 13.8. The van der Waals surface area contributed by atoms with Crippen LogP contribution in [0.25, 0.3) is 0 Å². The third kappa shape index (κ3) is 1.68. The van der Waals surface area contributed by atoms with Crippen LogP contribution < -0.4 is 0 Å². The molecule has 0 saturated carbocycles. The monoisotopic (exact) mass is 166 g/mol. The Labute approximate surface area is 74.6 Å². The lowest BCUT2D eigenvalue weighted by Crippen LogP contribution is -2.10. The fraction of sp³-hybridized carbons (Fsp3) is 0.700. The molecule has 0 fully saturated rings. The van der Waals surface area contributed by atoms with Crippen LogP contribution in [-0.2, 0) is 7.05 Å². The largest absolute Gasteiger partial charge is 0.272 e. The van der Waals surface area contributed by atoms with Crippen molar-refractivity contribution in [2.45, 2.75) is 33.1 Å². The molecule has 0 radical (unpaired) electrons. The van der Waals surface area contributed by atoms with Crippen LogP contribution in [0.5, 0.6) is 0 Å². The molecule has 68 valence electrons. The summed E-state index contributed by atoms with van der Waals surface area (Å²) in [5, 5.41) is 4.18. The molecule has 1 heterocycles. The van der Waals surface area contributed by atoms with E-state index < -0.39 is 0 Å². The summed E-state index contributed by atoms with van der Waals surface area (Å²) in [5.74, 6) is 1.35. The van der Waals surface area contributed by atoms with Gasteiger partial charge in [0.05, 0.1) is 0 Å². The summed E-state index contributed by atoms with van der Waals surface area (Å²) in [4.78, 5) is 0. The fourth-order valence-electron chi connectivity index (χ4n) is 1.77. The van der Waals surface area contributed by atoms with Crippen molar-refractivity contribution >= 4 is 0 Å². The van der Waals surface area contributed by atoms with Crippen LogP contribution in [0.2, 0.25) is 0 Å². The van der Waals surface area contributed by atoms with E-state index in [1.807, 2.05) is 17.9 Å². The minimum atomic E-state index is 0.650. The van der Waals surface area contributed by atoms with Gasteiger partial charge >= 0.3 is 0 Å². The second-order valence-corrected chi connectivity index (χ2v) is 3.64. The Morgan fingerprint density at radius 2 is 2.17 bits per heavy atom. The summed E-state index contributed by atoms with van der Waals surface area (Å²) in [6.45, 7) is 6.76. The van der Waals surface area contributed by atoms with Crippen LogP contribution >= 0.6 is 0 Å². The minimum Gasteiger partial charge on any atom is -0.272 e. The van der Waals surface area contributed by atoms with Crippen LogP contribution in [0.4, 0.5) is 0 Å². The van der Waals surface area contributed by atoms with Crippen LogP contribution in [0.1, 0.15) is 38.8 Å². The van der Waals surface area contributed by atoms with Gasteiger partial charge in [-0.25, -0.2) is 0 Å². The summed E-state index contributed by atoms with van der Waals surface area (Å²) >= 11 is 0. The van der Waals surface area contributed by atoms with Gasteiger partial charge in [0.2, 0.25) is 0 Å². The second kappa shape index (κ2) is 3.74. The first kappa shape index (κ1) is 9.30. The highest BCUT2D eigenvalue weighted by Crippen LogP contribution is 2.26. The average molecular weight is 166 g/mol. The fourth-order valence-corrected chi connectivity index (χ4v) is 1.77. The number of hydrogen-bond acceptors (Lipinski definition) is 1. The summed E-state index contributed by atoms with van der Waals surface area (Å²) in [6, 6.07) is 2.12. The van der Waals surface area contributed by atoms with Crippen LogP contribution in [0.3, 0.4) is 0 Å². The summed E-state index contributed by atoms with van der Waals surface area (Å²) < 4.78 is 1.98. The number of rotatable bonds is 3. The molecule has 12 heavy (non-hydrogen) atoms. The predicted molar refractivity (Wildman–Crippen MR) is 51.1 cm³/mol. The highest BCUT2D eigenvalue weighted by atomic mass is 15.3. The first-order valence-electron chi connectivity index (χ1n) is 4.64. The zero-order chi connectivity index (χ0) is 9.14. The van der Waals surface area contributed by atoms with Gasteiger partial charge < -0.3 is 0 Å². The Morgan fingerprint density at radius 3 is 2.50 bits per heavy atom. The smallest absolute Gasteiger partial charge is 0.0492 e. The van der Waals surface area contributed by atoms with Crippen molar-refractivity contribution in [3.63, 3.8) is 0 Å². The van der Waals surface area contributed by atoms with E-state index in [0.717, 1.165) is 0 Å². The average Bonchev–Trinajstić information content (AvgIpc) is 2.38. The molecule has 0 aliphatic carbocycles. The van der Waals surface area contributed by atoms with Crippen molar-refractivity contribution < 1.29 is 0 Å². The molecule has 2 nitrogen and oxygen atoms in total. The molecule has 0 bridgehead atoms. The lowest BCUT2D eigenvalue weighted by molar-refractivity contribution is 0.455. The Hall–Kier alpha value is -0.790. The van der Waals surface area contributed by atoms with Crippen LogP contribution in [-0.4, -0.2) is 9.78 Å². The molecule has 0 saturated heterocycles. The zero-order valence-electron chi connectivity index (χ0n) is 8.41. The molecule has 1 rings (SSSR count). The zero-order valence-corrected chi connectivity index (χ0v) is 8.41. The van der Waals surface area contributed by atoms with E-state index in [-0.39, 0.29) is 0 Å². The Bertz CT molecular complexity index is 238. The quantitative estimate of drug-likeness (QED) is 0.674. The highest BCUT2D eigenvalue weighted by molar-refractivity contribution is 5.07. The van der Waals surface area contributed by atoms with Gasteiger partial charge in [-0.3, -0.25) is 4.68 Å². The SMILES string of the molecule is CC[C@H](c1ccnn1C)C(C)C. The van der Waals surface area contributed by atoms with Gasteiger partial charge in [0.1, 0.15) is 0 Å². The molecular weight excluding hydrogens is 148 g/mol. The third-order valence-corrected chi connectivity index (χ3v) is 2.48. The van der Waals surface area contributed by atoms with E-state index in [4.69, 9.17) is 0 Å². The summed E-state index contributed by atoms with van der Waals surface area (Å²) in [5.41, 5.74) is 1.35. The molecule has 0 N–H and O–H groups in total. The van der Waals surface area contributed by atoms with Gasteiger partial charge in [-0.1, -0.05) is 20.8 Å². The molecule has 2 heteroatoms. The van der Waals surface area contributed by atoms with Crippen molar-refractivity contribution in [3.05, 3.63) is 18.0 Å². The van der Waals surface area contributed by atoms with Crippen molar-refractivity contribution in [1.82, 2.24) is 9.78 Å². The first-order valence-corrected chi connectivity index (χ1v) is 4.64. The molecule has 0 amide bonds. The maximum atomic E-state index is 4.18. The lowest BCUT2D eigenvalue weighted by atomic mass is 9.90. The Balaban J connectivity index is 2.87. The maximum absolute atomic E-state index is 4.18. The van der Waals surface area contributed by atoms with Crippen LogP contribution in [0.15, 0.2) is 12.3 Å². The minimum absolute atomic E-state index is 0.650. The van der Waals surface area contributed by atoms with Gasteiger partial charge in [0.25, 0.3) is 0 Å². The summed E-state index contributed by atoms with van der Waals surface area (Å²) in [6.07, 6.45) is 3.07. The number of aromatic nitrogens is 2. The van der Waals surface area contributed by atoms with E-state index in [0.29, 0.717) is 11.8 Å². The van der Waals surface area contributed by atoms with E-state index in [1.165, 1.54) is 12.1 Å². The highest BCUT2D eigenvalue weighted by Gasteiger charge is 2.15. The second-order valence-electron chi connectivity index (χ2n) is 3.64. The standard InChI is InChI=1S/C10H18N2/c1-5-9(8(2)3)10-6-7-11-12(10)4/h6-9H,5H2,1-4H3/t9-/m0/s1. The maximum Gasteiger partial charge on any atom is 0.0492 e. The Morgan fingerprint density at radius 1 is 1.50 bits per heavy atom. The molecule has 0 spiro atoms. The van der Waals surface area contributed by atoms with Crippen molar-refractivity contribution in [2.75, 3.05) is 0 Å². The van der Waals surface area contributed by atoms with Gasteiger partial charge in [0, 0.05) is 24.9 Å². The third-order valence-electron chi connectivity index (χ3n) is 2.48. The first-order chi connectivity index (χ1) is 5.66. The van der Waals surface area contributed by atoms with E-state index in [9.17, 15) is 0 Å². The summed E-state index contributed by atoms with van der Waals surface area (Å²) in [7, 11) is 2.01. The van der Waals surface area contributed by atoms with Crippen molar-refractivity contribution in [3.8, 4) is 0 Å². The van der Waals surface area contributed by atoms with Gasteiger partial charge in [-0.05, 0) is 18.4 Å². The predicted octanol–water partition coefficient (Wildman–Crippen LogP) is 2.57. The van der Waals surface area contributed by atoms with E-state index in [1.54, 1.807) is 0 Å². The topological polar surface area (TPSA) is 17.8 Å². The molecular formula is C10H18N2. The molecule has 0 unspecified atom stereocenters.